The molecule has 1 rings (SSSR count). The van der Waals surface area contributed by atoms with Crippen LogP contribution in [-0.4, -0.2) is 0 Å². The van der Waals surface area contributed by atoms with Gasteiger partial charge in [-0.2, -0.15) is 0 Å². The average molecular weight is 202 g/mol. The lowest BCUT2D eigenvalue weighted by molar-refractivity contribution is 0.730. The second-order valence-corrected chi connectivity index (χ2v) is 4.25. The molecule has 0 N–H and O–H groups in total. The van der Waals surface area contributed by atoms with E-state index in [1.165, 1.54) is 29.5 Å². The smallest absolute Gasteiger partial charge is 0.0187 e. The summed E-state index contributed by atoms with van der Waals surface area (Å²) < 4.78 is 0. The summed E-state index contributed by atoms with van der Waals surface area (Å²) in [4.78, 5) is 0. The van der Waals surface area contributed by atoms with Crippen LogP contribution in [0.4, 0.5) is 0 Å². The second-order valence-electron chi connectivity index (χ2n) is 4.25. The van der Waals surface area contributed by atoms with Crippen LogP contribution in [0.15, 0.2) is 30.8 Å². The zero-order valence-corrected chi connectivity index (χ0v) is 10.2. The minimum atomic E-state index is 0.634. The Hall–Kier alpha value is -1.04. The molecule has 0 heterocycles. The predicted molar refractivity (Wildman–Crippen MR) is 69.1 cm³/mol. The minimum absolute atomic E-state index is 0.634. The lowest BCUT2D eigenvalue weighted by Gasteiger charge is -2.16. The Morgan fingerprint density at radius 2 is 1.93 bits per heavy atom. The van der Waals surface area contributed by atoms with Gasteiger partial charge in [-0.15, -0.1) is 0 Å². The van der Waals surface area contributed by atoms with Crippen LogP contribution in [0.25, 0.3) is 5.57 Å². The lowest BCUT2D eigenvalue weighted by atomic mass is 9.89. The molecule has 0 fully saturated rings. The monoisotopic (exact) mass is 202 g/mol. The molecular weight excluding hydrogens is 180 g/mol. The topological polar surface area (TPSA) is 0 Å². The summed E-state index contributed by atoms with van der Waals surface area (Å²) in [6, 6.07) is 8.69. The van der Waals surface area contributed by atoms with Gasteiger partial charge in [0.2, 0.25) is 0 Å². The molecule has 82 valence electrons. The number of allylic oxidation sites excluding steroid dienone is 1. The highest BCUT2D eigenvalue weighted by Gasteiger charge is 2.09. The highest BCUT2D eigenvalue weighted by atomic mass is 14.1. The Morgan fingerprint density at radius 3 is 2.53 bits per heavy atom. The van der Waals surface area contributed by atoms with Crippen LogP contribution in [0.2, 0.25) is 0 Å². The SMILES string of the molecule is C=C(CCC)c1ccccc1C(C)CC. The van der Waals surface area contributed by atoms with E-state index in [2.05, 4.69) is 51.6 Å². The van der Waals surface area contributed by atoms with Crippen molar-refractivity contribution in [1.29, 1.82) is 0 Å². The Morgan fingerprint density at radius 1 is 1.27 bits per heavy atom. The van der Waals surface area contributed by atoms with Gasteiger partial charge in [0.1, 0.15) is 0 Å². The van der Waals surface area contributed by atoms with E-state index in [1.807, 2.05) is 0 Å². The average Bonchev–Trinajstić information content (AvgIpc) is 2.28. The van der Waals surface area contributed by atoms with Crippen molar-refractivity contribution in [3.8, 4) is 0 Å². The maximum absolute atomic E-state index is 4.19. The van der Waals surface area contributed by atoms with E-state index in [-0.39, 0.29) is 0 Å². The van der Waals surface area contributed by atoms with Crippen molar-refractivity contribution >= 4 is 5.57 Å². The molecule has 0 saturated heterocycles. The van der Waals surface area contributed by atoms with Crippen molar-refractivity contribution in [1.82, 2.24) is 0 Å². The van der Waals surface area contributed by atoms with Crippen molar-refractivity contribution in [3.05, 3.63) is 42.0 Å². The van der Waals surface area contributed by atoms with Gasteiger partial charge in [0, 0.05) is 0 Å². The van der Waals surface area contributed by atoms with Crippen molar-refractivity contribution < 1.29 is 0 Å². The predicted octanol–water partition coefficient (Wildman–Crippen LogP) is 5.01. The third-order valence-corrected chi connectivity index (χ3v) is 3.04. The van der Waals surface area contributed by atoms with Crippen LogP contribution >= 0.6 is 0 Å². The largest absolute Gasteiger partial charge is 0.0952 e. The molecule has 0 aliphatic carbocycles. The Bertz CT molecular complexity index is 323. The number of hydrogen-bond donors (Lipinski definition) is 0. The number of rotatable bonds is 5. The van der Waals surface area contributed by atoms with Crippen molar-refractivity contribution in [3.63, 3.8) is 0 Å². The molecular formula is C15H22. The van der Waals surface area contributed by atoms with E-state index >= 15 is 0 Å². The minimum Gasteiger partial charge on any atom is -0.0952 e. The first-order valence-electron chi connectivity index (χ1n) is 5.97. The molecule has 0 bridgehead atoms. The van der Waals surface area contributed by atoms with Gasteiger partial charge in [0.25, 0.3) is 0 Å². The quantitative estimate of drug-likeness (QED) is 0.629. The van der Waals surface area contributed by atoms with Gasteiger partial charge in [0.15, 0.2) is 0 Å². The molecule has 0 saturated carbocycles. The number of benzene rings is 1. The maximum atomic E-state index is 4.19. The van der Waals surface area contributed by atoms with E-state index < -0.39 is 0 Å². The maximum Gasteiger partial charge on any atom is -0.0187 e. The van der Waals surface area contributed by atoms with Crippen LogP contribution in [0.5, 0.6) is 0 Å². The van der Waals surface area contributed by atoms with Crippen LogP contribution < -0.4 is 0 Å². The normalized spacial score (nSPS) is 12.5. The third kappa shape index (κ3) is 2.95. The van der Waals surface area contributed by atoms with Gasteiger partial charge in [0.05, 0.1) is 0 Å². The van der Waals surface area contributed by atoms with Crippen LogP contribution in [0.3, 0.4) is 0 Å². The summed E-state index contributed by atoms with van der Waals surface area (Å²) >= 11 is 0. The first-order chi connectivity index (χ1) is 7.20. The van der Waals surface area contributed by atoms with Gasteiger partial charge in [-0.3, -0.25) is 0 Å². The Balaban J connectivity index is 3.00. The molecule has 0 aromatic heterocycles. The molecule has 1 atom stereocenters. The first-order valence-corrected chi connectivity index (χ1v) is 5.97. The fourth-order valence-electron chi connectivity index (χ4n) is 1.91. The van der Waals surface area contributed by atoms with Crippen molar-refractivity contribution in [2.45, 2.75) is 46.0 Å². The fourth-order valence-corrected chi connectivity index (χ4v) is 1.91. The molecule has 0 aliphatic rings. The second kappa shape index (κ2) is 5.75. The van der Waals surface area contributed by atoms with Crippen LogP contribution in [0.1, 0.15) is 57.1 Å². The molecule has 15 heavy (non-hydrogen) atoms. The summed E-state index contributed by atoms with van der Waals surface area (Å²) in [6.07, 6.45) is 3.47. The summed E-state index contributed by atoms with van der Waals surface area (Å²) in [5, 5.41) is 0. The van der Waals surface area contributed by atoms with Gasteiger partial charge in [-0.1, -0.05) is 58.0 Å². The van der Waals surface area contributed by atoms with E-state index in [4.69, 9.17) is 0 Å². The standard InChI is InChI=1S/C15H22/c1-5-9-13(4)15-11-8-7-10-14(15)12(3)6-2/h7-8,10-12H,4-6,9H2,1-3H3. The molecule has 0 amide bonds. The van der Waals surface area contributed by atoms with Gasteiger partial charge in [-0.25, -0.2) is 0 Å². The molecule has 0 nitrogen and oxygen atoms in total. The summed E-state index contributed by atoms with van der Waals surface area (Å²) in [7, 11) is 0. The van der Waals surface area contributed by atoms with Crippen LogP contribution in [-0.2, 0) is 0 Å². The Kier molecular flexibility index (Phi) is 4.61. The van der Waals surface area contributed by atoms with Gasteiger partial charge < -0.3 is 0 Å². The fraction of sp³-hybridized carbons (Fsp3) is 0.467. The van der Waals surface area contributed by atoms with Gasteiger partial charge in [-0.05, 0) is 35.5 Å². The molecule has 0 heteroatoms. The molecule has 1 aromatic rings. The van der Waals surface area contributed by atoms with Crippen molar-refractivity contribution in [2.24, 2.45) is 0 Å². The Labute approximate surface area is 94.0 Å². The molecule has 1 unspecified atom stereocenters. The lowest BCUT2D eigenvalue weighted by Crippen LogP contribution is -1.97. The zero-order valence-electron chi connectivity index (χ0n) is 10.2. The van der Waals surface area contributed by atoms with E-state index in [0.29, 0.717) is 5.92 Å². The molecule has 0 aliphatic heterocycles. The summed E-state index contributed by atoms with van der Waals surface area (Å²) in [5.41, 5.74) is 4.11. The summed E-state index contributed by atoms with van der Waals surface area (Å²) in [5.74, 6) is 0.634. The van der Waals surface area contributed by atoms with Crippen LogP contribution in [0, 0.1) is 0 Å². The summed E-state index contributed by atoms with van der Waals surface area (Å²) in [6.45, 7) is 10.9. The van der Waals surface area contributed by atoms with Gasteiger partial charge >= 0.3 is 0 Å². The molecule has 1 aromatic carbocycles. The molecule has 0 spiro atoms. The van der Waals surface area contributed by atoms with Crippen molar-refractivity contribution in [2.75, 3.05) is 0 Å². The first kappa shape index (κ1) is 12.0. The zero-order chi connectivity index (χ0) is 11.3. The van der Waals surface area contributed by atoms with E-state index in [0.717, 1.165) is 6.42 Å². The highest BCUT2D eigenvalue weighted by Crippen LogP contribution is 2.28. The highest BCUT2D eigenvalue weighted by molar-refractivity contribution is 5.66. The molecule has 0 radical (unpaired) electrons. The van der Waals surface area contributed by atoms with E-state index in [1.54, 1.807) is 0 Å². The third-order valence-electron chi connectivity index (χ3n) is 3.04. The number of hydrogen-bond acceptors (Lipinski definition) is 0. The van der Waals surface area contributed by atoms with E-state index in [9.17, 15) is 0 Å².